The number of aliphatic carboxylic acids is 1. The molecule has 0 saturated heterocycles. The first kappa shape index (κ1) is 14.4. The number of carboxylic acid groups (broad SMARTS) is 1. The molecule has 0 amide bonds. The monoisotopic (exact) mass is 311 g/mol. The minimum absolute atomic E-state index is 0.0122. The quantitative estimate of drug-likeness (QED) is 0.796. The average Bonchev–Trinajstić information content (AvgIpc) is 2.37. The van der Waals surface area contributed by atoms with Crippen LogP contribution in [-0.4, -0.2) is 27.3 Å². The van der Waals surface area contributed by atoms with Crippen molar-refractivity contribution >= 4 is 27.7 Å². The van der Waals surface area contributed by atoms with Crippen molar-refractivity contribution in [1.82, 2.24) is 0 Å². The van der Waals surface area contributed by atoms with Gasteiger partial charge in [-0.25, -0.2) is 4.79 Å². The van der Waals surface area contributed by atoms with Gasteiger partial charge < -0.3 is 10.2 Å². The van der Waals surface area contributed by atoms with Crippen molar-refractivity contribution < 1.29 is 19.8 Å². The fourth-order valence-electron chi connectivity index (χ4n) is 1.57. The van der Waals surface area contributed by atoms with Gasteiger partial charge in [0.15, 0.2) is 6.10 Å². The van der Waals surface area contributed by atoms with Crippen molar-refractivity contribution in [2.45, 2.75) is 12.5 Å². The number of nitriles is 1. The number of rotatable bonds is 5. The Kier molecular flexibility index (Phi) is 5.01. The summed E-state index contributed by atoms with van der Waals surface area (Å²) in [5.74, 6) is -1.62. The van der Waals surface area contributed by atoms with E-state index in [0.717, 1.165) is 0 Å². The number of carbonyl (C=O) groups excluding carboxylic acids is 1. The minimum atomic E-state index is -1.81. The molecule has 0 aliphatic heterocycles. The van der Waals surface area contributed by atoms with Crippen molar-refractivity contribution in [2.24, 2.45) is 0 Å². The Bertz CT molecular complexity index is 521. The molecule has 0 heterocycles. The molecule has 1 rings (SSSR count). The summed E-state index contributed by atoms with van der Waals surface area (Å²) in [7, 11) is 0. The Morgan fingerprint density at radius 1 is 1.44 bits per heavy atom. The minimum Gasteiger partial charge on any atom is -0.479 e. The summed E-state index contributed by atoms with van der Waals surface area (Å²) in [6.45, 7) is 0. The number of hydrogen-bond acceptors (Lipinski definition) is 4. The SMILES string of the molecule is N#Cc1cccc(CC(=O)CBr)c1C(O)C(=O)O. The zero-order chi connectivity index (χ0) is 13.7. The van der Waals surface area contributed by atoms with Crippen LogP contribution in [0.3, 0.4) is 0 Å². The number of nitrogens with zero attached hydrogens (tertiary/aromatic N) is 1. The van der Waals surface area contributed by atoms with Gasteiger partial charge in [-0.05, 0) is 11.6 Å². The van der Waals surface area contributed by atoms with E-state index in [9.17, 15) is 14.7 Å². The molecule has 1 unspecified atom stereocenters. The van der Waals surface area contributed by atoms with Crippen LogP contribution in [0.4, 0.5) is 0 Å². The van der Waals surface area contributed by atoms with E-state index in [1.165, 1.54) is 12.1 Å². The molecule has 5 nitrogen and oxygen atoms in total. The number of aliphatic hydroxyl groups is 1. The van der Waals surface area contributed by atoms with E-state index >= 15 is 0 Å². The molecular weight excluding hydrogens is 302 g/mol. The van der Waals surface area contributed by atoms with Crippen LogP contribution in [-0.2, 0) is 16.0 Å². The zero-order valence-electron chi connectivity index (χ0n) is 9.26. The predicted molar refractivity (Wildman–Crippen MR) is 66.3 cm³/mol. The third-order valence-electron chi connectivity index (χ3n) is 2.36. The molecule has 0 bridgehead atoms. The van der Waals surface area contributed by atoms with Gasteiger partial charge in [0.1, 0.15) is 5.78 Å². The number of Topliss-reactive ketones (excluding diaryl/α,β-unsaturated/α-hetero) is 1. The number of ketones is 1. The molecule has 1 aromatic rings. The Morgan fingerprint density at radius 3 is 2.61 bits per heavy atom. The molecule has 2 N–H and O–H groups in total. The maximum Gasteiger partial charge on any atom is 0.337 e. The molecule has 6 heteroatoms. The number of carboxylic acids is 1. The molecule has 1 atom stereocenters. The maximum absolute atomic E-state index is 11.4. The third-order valence-corrected chi connectivity index (χ3v) is 2.99. The maximum atomic E-state index is 11.4. The Labute approximate surface area is 112 Å². The number of hydrogen-bond donors (Lipinski definition) is 2. The van der Waals surface area contributed by atoms with Gasteiger partial charge in [0, 0.05) is 12.0 Å². The summed E-state index contributed by atoms with van der Waals surface area (Å²) in [6.07, 6.45) is -1.83. The molecule has 0 aromatic heterocycles. The second-order valence-electron chi connectivity index (χ2n) is 3.58. The van der Waals surface area contributed by atoms with E-state index in [-0.39, 0.29) is 28.7 Å². The fraction of sp³-hybridized carbons (Fsp3) is 0.250. The van der Waals surface area contributed by atoms with Gasteiger partial charge in [-0.1, -0.05) is 28.1 Å². The lowest BCUT2D eigenvalue weighted by atomic mass is 9.94. The second kappa shape index (κ2) is 6.28. The largest absolute Gasteiger partial charge is 0.479 e. The van der Waals surface area contributed by atoms with Gasteiger partial charge >= 0.3 is 5.97 Å². The standard InChI is InChI=1S/C12H10BrNO4/c13-5-9(15)4-7-2-1-3-8(6-14)10(7)11(16)12(17)18/h1-3,11,16H,4-5H2,(H,17,18). The molecule has 0 saturated carbocycles. The van der Waals surface area contributed by atoms with Crippen molar-refractivity contribution in [3.8, 4) is 6.07 Å². The van der Waals surface area contributed by atoms with E-state index in [2.05, 4.69) is 15.9 Å². The van der Waals surface area contributed by atoms with E-state index in [1.807, 2.05) is 6.07 Å². The number of halogens is 1. The number of carbonyl (C=O) groups is 2. The smallest absolute Gasteiger partial charge is 0.337 e. The summed E-state index contributed by atoms with van der Waals surface area (Å²) in [5.41, 5.74) is 0.403. The number of benzene rings is 1. The van der Waals surface area contributed by atoms with Crippen molar-refractivity contribution in [2.75, 3.05) is 5.33 Å². The third kappa shape index (κ3) is 3.15. The summed E-state index contributed by atoms with van der Waals surface area (Å²) >= 11 is 3.01. The Morgan fingerprint density at radius 2 is 2.11 bits per heavy atom. The molecule has 0 fully saturated rings. The van der Waals surface area contributed by atoms with Crippen LogP contribution >= 0.6 is 15.9 Å². The summed E-state index contributed by atoms with van der Waals surface area (Å²) in [5, 5.41) is 27.5. The van der Waals surface area contributed by atoms with Gasteiger partial charge in [-0.2, -0.15) is 5.26 Å². The lowest BCUT2D eigenvalue weighted by molar-refractivity contribution is -0.147. The van der Waals surface area contributed by atoms with E-state index in [1.54, 1.807) is 6.07 Å². The van der Waals surface area contributed by atoms with Crippen LogP contribution in [0.2, 0.25) is 0 Å². The van der Waals surface area contributed by atoms with Crippen LogP contribution < -0.4 is 0 Å². The van der Waals surface area contributed by atoms with Crippen LogP contribution in [0.25, 0.3) is 0 Å². The van der Waals surface area contributed by atoms with Crippen LogP contribution in [0, 0.1) is 11.3 Å². The highest BCUT2D eigenvalue weighted by Gasteiger charge is 2.23. The number of aliphatic hydroxyl groups excluding tert-OH is 1. The first-order valence-corrected chi connectivity index (χ1v) is 6.13. The first-order chi connectivity index (χ1) is 8.51. The summed E-state index contributed by atoms with van der Waals surface area (Å²) < 4.78 is 0. The highest BCUT2D eigenvalue weighted by Crippen LogP contribution is 2.23. The van der Waals surface area contributed by atoms with Crippen molar-refractivity contribution in [3.63, 3.8) is 0 Å². The summed E-state index contributed by atoms with van der Waals surface area (Å²) in [4.78, 5) is 22.2. The van der Waals surface area contributed by atoms with E-state index in [4.69, 9.17) is 10.4 Å². The van der Waals surface area contributed by atoms with Crippen molar-refractivity contribution in [1.29, 1.82) is 5.26 Å². The molecule has 0 aliphatic rings. The number of alkyl halides is 1. The fourth-order valence-corrected chi connectivity index (χ4v) is 1.77. The van der Waals surface area contributed by atoms with Crippen LogP contribution in [0.5, 0.6) is 0 Å². The van der Waals surface area contributed by atoms with Crippen LogP contribution in [0.1, 0.15) is 22.8 Å². The van der Waals surface area contributed by atoms with Gasteiger partial charge in [-0.15, -0.1) is 0 Å². The molecule has 0 spiro atoms. The Balaban J connectivity index is 3.30. The molecule has 0 radical (unpaired) electrons. The lowest BCUT2D eigenvalue weighted by Gasteiger charge is -2.13. The second-order valence-corrected chi connectivity index (χ2v) is 4.14. The van der Waals surface area contributed by atoms with Crippen LogP contribution in [0.15, 0.2) is 18.2 Å². The highest BCUT2D eigenvalue weighted by atomic mass is 79.9. The first-order valence-electron chi connectivity index (χ1n) is 5.01. The summed E-state index contributed by atoms with van der Waals surface area (Å²) in [6, 6.07) is 6.30. The van der Waals surface area contributed by atoms with Gasteiger partial charge in [0.2, 0.25) is 0 Å². The lowest BCUT2D eigenvalue weighted by Crippen LogP contribution is -2.16. The van der Waals surface area contributed by atoms with Gasteiger partial charge in [0.05, 0.1) is 17.0 Å². The Hall–Kier alpha value is -1.71. The highest BCUT2D eigenvalue weighted by molar-refractivity contribution is 9.09. The molecule has 0 aliphatic carbocycles. The van der Waals surface area contributed by atoms with E-state index < -0.39 is 12.1 Å². The molecule has 94 valence electrons. The van der Waals surface area contributed by atoms with E-state index in [0.29, 0.717) is 5.56 Å². The molecular formula is C12H10BrNO4. The van der Waals surface area contributed by atoms with Crippen molar-refractivity contribution in [3.05, 3.63) is 34.9 Å². The topological polar surface area (TPSA) is 98.4 Å². The van der Waals surface area contributed by atoms with Gasteiger partial charge in [-0.3, -0.25) is 4.79 Å². The normalized spacial score (nSPS) is 11.6. The van der Waals surface area contributed by atoms with Gasteiger partial charge in [0.25, 0.3) is 0 Å². The molecule has 18 heavy (non-hydrogen) atoms. The average molecular weight is 312 g/mol. The molecule has 1 aromatic carbocycles. The zero-order valence-corrected chi connectivity index (χ0v) is 10.8. The predicted octanol–water partition coefficient (Wildman–Crippen LogP) is 1.18.